The first kappa shape index (κ1) is 19.4. The van der Waals surface area contributed by atoms with Crippen LogP contribution in [0.25, 0.3) is 0 Å². The largest absolute Gasteiger partial charge is 0.497 e. The second kappa shape index (κ2) is 9.50. The smallest absolute Gasteiger partial charge is 0.254 e. The van der Waals surface area contributed by atoms with Gasteiger partial charge in [0, 0.05) is 18.9 Å². The van der Waals surface area contributed by atoms with Crippen molar-refractivity contribution in [1.82, 2.24) is 15.3 Å². The Labute approximate surface area is 165 Å². The number of amides is 1. The summed E-state index contributed by atoms with van der Waals surface area (Å²) >= 11 is 0. The van der Waals surface area contributed by atoms with Gasteiger partial charge in [0.25, 0.3) is 5.91 Å². The normalized spacial score (nSPS) is 11.5. The Balaban J connectivity index is 1.49. The van der Waals surface area contributed by atoms with E-state index >= 15 is 0 Å². The van der Waals surface area contributed by atoms with E-state index in [0.29, 0.717) is 18.1 Å². The average Bonchev–Trinajstić information content (AvgIpc) is 2.75. The van der Waals surface area contributed by atoms with E-state index in [4.69, 9.17) is 4.74 Å². The predicted molar refractivity (Wildman–Crippen MR) is 110 cm³/mol. The Morgan fingerprint density at radius 1 is 1.04 bits per heavy atom. The van der Waals surface area contributed by atoms with E-state index in [2.05, 4.69) is 20.6 Å². The van der Waals surface area contributed by atoms with E-state index in [9.17, 15) is 4.79 Å². The molecule has 2 aromatic carbocycles. The van der Waals surface area contributed by atoms with Crippen LogP contribution in [-0.4, -0.2) is 29.5 Å². The number of aromatic nitrogens is 2. The molecule has 0 saturated carbocycles. The maximum absolute atomic E-state index is 12.4. The molecule has 0 aliphatic carbocycles. The molecule has 3 rings (SSSR count). The van der Waals surface area contributed by atoms with Crippen molar-refractivity contribution in [2.75, 3.05) is 19.0 Å². The van der Waals surface area contributed by atoms with Crippen LogP contribution >= 0.6 is 0 Å². The molecule has 1 heterocycles. The van der Waals surface area contributed by atoms with E-state index in [0.717, 1.165) is 17.7 Å². The monoisotopic (exact) mass is 376 g/mol. The molecule has 0 aliphatic heterocycles. The Morgan fingerprint density at radius 3 is 2.36 bits per heavy atom. The summed E-state index contributed by atoms with van der Waals surface area (Å²) in [5.41, 5.74) is 2.68. The molecule has 3 aromatic rings. The minimum Gasteiger partial charge on any atom is -0.497 e. The van der Waals surface area contributed by atoms with E-state index in [-0.39, 0.29) is 11.9 Å². The van der Waals surface area contributed by atoms with E-state index in [1.807, 2.05) is 61.5 Å². The van der Waals surface area contributed by atoms with Gasteiger partial charge in [-0.2, -0.15) is 0 Å². The molecular weight excluding hydrogens is 352 g/mol. The molecule has 6 heteroatoms. The lowest BCUT2D eigenvalue weighted by molar-refractivity contribution is 0.0939. The van der Waals surface area contributed by atoms with Crippen LogP contribution in [0.3, 0.4) is 0 Å². The molecule has 1 amide bonds. The number of benzene rings is 2. The summed E-state index contributed by atoms with van der Waals surface area (Å²) in [5.74, 6) is 1.15. The van der Waals surface area contributed by atoms with Gasteiger partial charge < -0.3 is 15.4 Å². The van der Waals surface area contributed by atoms with Gasteiger partial charge in [-0.3, -0.25) is 4.79 Å². The summed E-state index contributed by atoms with van der Waals surface area (Å²) in [4.78, 5) is 20.8. The third kappa shape index (κ3) is 5.30. The van der Waals surface area contributed by atoms with Gasteiger partial charge in [-0.05, 0) is 36.6 Å². The summed E-state index contributed by atoms with van der Waals surface area (Å²) in [6.07, 6.45) is 3.91. The van der Waals surface area contributed by atoms with E-state index in [1.165, 1.54) is 18.0 Å². The van der Waals surface area contributed by atoms with Gasteiger partial charge >= 0.3 is 0 Å². The predicted octanol–water partition coefficient (Wildman–Crippen LogP) is 3.63. The van der Waals surface area contributed by atoms with Gasteiger partial charge in [0.2, 0.25) is 5.95 Å². The van der Waals surface area contributed by atoms with Gasteiger partial charge in [-0.25, -0.2) is 9.97 Å². The third-order valence-electron chi connectivity index (χ3n) is 4.42. The lowest BCUT2D eigenvalue weighted by Gasteiger charge is -2.14. The highest BCUT2D eigenvalue weighted by Gasteiger charge is 2.12. The Bertz CT molecular complexity index is 881. The number of anilines is 1. The zero-order valence-corrected chi connectivity index (χ0v) is 16.1. The number of ether oxygens (including phenoxy) is 1. The van der Waals surface area contributed by atoms with Gasteiger partial charge in [0.15, 0.2) is 0 Å². The molecule has 6 nitrogen and oxygen atoms in total. The minimum atomic E-state index is -0.193. The molecule has 1 atom stereocenters. The van der Waals surface area contributed by atoms with Crippen LogP contribution in [-0.2, 0) is 6.42 Å². The first-order valence-corrected chi connectivity index (χ1v) is 9.20. The summed E-state index contributed by atoms with van der Waals surface area (Å²) in [6.45, 7) is 2.64. The molecular formula is C22H24N4O2. The van der Waals surface area contributed by atoms with Crippen LogP contribution in [0.5, 0.6) is 5.75 Å². The fourth-order valence-corrected chi connectivity index (χ4v) is 2.75. The molecule has 0 radical (unpaired) electrons. The molecule has 0 bridgehead atoms. The number of hydrogen-bond acceptors (Lipinski definition) is 5. The van der Waals surface area contributed by atoms with Crippen molar-refractivity contribution in [2.45, 2.75) is 19.4 Å². The van der Waals surface area contributed by atoms with Crippen LogP contribution in [0.1, 0.15) is 34.5 Å². The highest BCUT2D eigenvalue weighted by Crippen LogP contribution is 2.13. The van der Waals surface area contributed by atoms with Crippen molar-refractivity contribution >= 4 is 11.9 Å². The van der Waals surface area contributed by atoms with Crippen LogP contribution in [0.15, 0.2) is 67.0 Å². The van der Waals surface area contributed by atoms with E-state index in [1.54, 1.807) is 7.11 Å². The van der Waals surface area contributed by atoms with Crippen molar-refractivity contribution in [3.8, 4) is 5.75 Å². The highest BCUT2D eigenvalue weighted by atomic mass is 16.5. The molecule has 144 valence electrons. The Hall–Kier alpha value is -3.41. The zero-order chi connectivity index (χ0) is 19.8. The summed E-state index contributed by atoms with van der Waals surface area (Å²) in [5, 5.41) is 6.13. The number of nitrogens with one attached hydrogen (secondary N) is 2. The number of rotatable bonds is 8. The van der Waals surface area contributed by atoms with Crippen LogP contribution in [0.4, 0.5) is 5.95 Å². The molecule has 1 unspecified atom stereocenters. The highest BCUT2D eigenvalue weighted by molar-refractivity contribution is 5.93. The van der Waals surface area contributed by atoms with Gasteiger partial charge in [-0.15, -0.1) is 0 Å². The average molecular weight is 376 g/mol. The van der Waals surface area contributed by atoms with Crippen LogP contribution in [0, 0.1) is 0 Å². The summed E-state index contributed by atoms with van der Waals surface area (Å²) in [7, 11) is 1.65. The Kier molecular flexibility index (Phi) is 6.57. The quantitative estimate of drug-likeness (QED) is 0.628. The van der Waals surface area contributed by atoms with Crippen molar-refractivity contribution in [1.29, 1.82) is 0 Å². The molecule has 0 saturated heterocycles. The number of methoxy groups -OCH3 is 1. The Morgan fingerprint density at radius 2 is 1.71 bits per heavy atom. The van der Waals surface area contributed by atoms with Gasteiger partial charge in [0.05, 0.1) is 18.7 Å². The van der Waals surface area contributed by atoms with E-state index < -0.39 is 0 Å². The molecule has 0 aliphatic rings. The summed E-state index contributed by atoms with van der Waals surface area (Å²) in [6, 6.07) is 17.7. The second-order valence-electron chi connectivity index (χ2n) is 6.43. The molecule has 2 N–H and O–H groups in total. The van der Waals surface area contributed by atoms with Crippen molar-refractivity contribution < 1.29 is 9.53 Å². The molecule has 1 aromatic heterocycles. The lowest BCUT2D eigenvalue weighted by atomic mass is 10.1. The van der Waals surface area contributed by atoms with Crippen LogP contribution < -0.4 is 15.4 Å². The molecule has 28 heavy (non-hydrogen) atoms. The van der Waals surface area contributed by atoms with Crippen molar-refractivity contribution in [3.63, 3.8) is 0 Å². The molecule has 0 spiro atoms. The third-order valence-corrected chi connectivity index (χ3v) is 4.42. The van der Waals surface area contributed by atoms with Gasteiger partial charge in [-0.1, -0.05) is 42.5 Å². The number of carbonyl (C=O) groups is 1. The van der Waals surface area contributed by atoms with Crippen molar-refractivity contribution in [3.05, 3.63) is 83.7 Å². The first-order chi connectivity index (χ1) is 13.7. The fourth-order valence-electron chi connectivity index (χ4n) is 2.75. The topological polar surface area (TPSA) is 76.1 Å². The summed E-state index contributed by atoms with van der Waals surface area (Å²) < 4.78 is 5.15. The van der Waals surface area contributed by atoms with Gasteiger partial charge in [0.1, 0.15) is 5.75 Å². The first-order valence-electron chi connectivity index (χ1n) is 9.20. The maximum atomic E-state index is 12.4. The van der Waals surface area contributed by atoms with Crippen molar-refractivity contribution in [2.24, 2.45) is 0 Å². The maximum Gasteiger partial charge on any atom is 0.254 e. The number of hydrogen-bond donors (Lipinski definition) is 2. The SMILES string of the molecule is COc1ccc(CCNc2ncc(C(=O)NC(C)c3ccccc3)cn2)cc1. The lowest BCUT2D eigenvalue weighted by Crippen LogP contribution is -2.27. The minimum absolute atomic E-state index is 0.0870. The number of nitrogens with zero attached hydrogens (tertiary/aromatic N) is 2. The second-order valence-corrected chi connectivity index (χ2v) is 6.43. The fraction of sp³-hybridized carbons (Fsp3) is 0.227. The standard InChI is InChI=1S/C22H24N4O2/c1-16(18-6-4-3-5-7-18)26-21(27)19-14-24-22(25-15-19)23-13-12-17-8-10-20(28-2)11-9-17/h3-11,14-16H,12-13H2,1-2H3,(H,26,27)(H,23,24,25). The number of carbonyl (C=O) groups excluding carboxylic acids is 1. The molecule has 0 fully saturated rings. The zero-order valence-electron chi connectivity index (χ0n) is 16.1. The van der Waals surface area contributed by atoms with Crippen LogP contribution in [0.2, 0.25) is 0 Å².